The van der Waals surface area contributed by atoms with Gasteiger partial charge in [-0.15, -0.1) is 0 Å². The summed E-state index contributed by atoms with van der Waals surface area (Å²) in [5.41, 5.74) is 2.93. The van der Waals surface area contributed by atoms with Crippen LogP contribution in [0.3, 0.4) is 0 Å². The normalized spacial score (nSPS) is 15.9. The monoisotopic (exact) mass is 339 g/mol. The lowest BCUT2D eigenvalue weighted by atomic mass is 9.78. The van der Waals surface area contributed by atoms with Crippen LogP contribution in [0.15, 0.2) is 48.5 Å². The molecule has 25 heavy (non-hydrogen) atoms. The smallest absolute Gasteiger partial charge is 0.335 e. The Balaban J connectivity index is 1.67. The molecule has 2 aromatic carbocycles. The topological polar surface area (TPSA) is 58.6 Å². The molecule has 0 heterocycles. The van der Waals surface area contributed by atoms with Crippen LogP contribution < -0.4 is 10.1 Å². The molecule has 0 aliphatic heterocycles. The van der Waals surface area contributed by atoms with Crippen LogP contribution in [0, 0.1) is 0 Å². The number of benzene rings is 2. The first kappa shape index (κ1) is 17.5. The van der Waals surface area contributed by atoms with E-state index < -0.39 is 5.97 Å². The third-order valence-corrected chi connectivity index (χ3v) is 5.24. The molecule has 0 unspecified atom stereocenters. The maximum atomic E-state index is 10.9. The summed E-state index contributed by atoms with van der Waals surface area (Å²) >= 11 is 0. The van der Waals surface area contributed by atoms with Crippen molar-refractivity contribution in [1.82, 2.24) is 5.32 Å². The van der Waals surface area contributed by atoms with Crippen LogP contribution in [0.1, 0.15) is 47.2 Å². The van der Waals surface area contributed by atoms with Crippen LogP contribution >= 0.6 is 0 Å². The zero-order chi connectivity index (χ0) is 17.7. The number of nitrogens with one attached hydrogen (secondary N) is 1. The minimum Gasteiger partial charge on any atom is -0.497 e. The maximum absolute atomic E-state index is 10.9. The average Bonchev–Trinajstić information content (AvgIpc) is 3.12. The van der Waals surface area contributed by atoms with Gasteiger partial charge in [-0.3, -0.25) is 0 Å². The molecular formula is C21H25NO3. The number of rotatable bonds is 7. The number of aromatic carboxylic acids is 1. The molecule has 0 bridgehead atoms. The van der Waals surface area contributed by atoms with Crippen molar-refractivity contribution < 1.29 is 14.6 Å². The lowest BCUT2D eigenvalue weighted by molar-refractivity contribution is 0.0697. The van der Waals surface area contributed by atoms with Gasteiger partial charge in [-0.2, -0.15) is 0 Å². The molecule has 0 radical (unpaired) electrons. The molecule has 1 fully saturated rings. The molecule has 0 amide bonds. The average molecular weight is 339 g/mol. The Labute approximate surface area is 148 Å². The Morgan fingerprint density at radius 2 is 1.88 bits per heavy atom. The number of hydrogen-bond acceptors (Lipinski definition) is 3. The molecule has 0 aromatic heterocycles. The summed E-state index contributed by atoms with van der Waals surface area (Å²) in [4.78, 5) is 10.9. The van der Waals surface area contributed by atoms with Gasteiger partial charge in [0.25, 0.3) is 0 Å². The largest absolute Gasteiger partial charge is 0.497 e. The summed E-state index contributed by atoms with van der Waals surface area (Å²) in [7, 11) is 1.71. The van der Waals surface area contributed by atoms with Crippen molar-refractivity contribution in [3.8, 4) is 5.75 Å². The molecule has 1 aliphatic rings. The molecule has 1 saturated carbocycles. The fraction of sp³-hybridized carbons (Fsp3) is 0.381. The van der Waals surface area contributed by atoms with Gasteiger partial charge < -0.3 is 15.2 Å². The quantitative estimate of drug-likeness (QED) is 0.801. The molecule has 132 valence electrons. The molecule has 0 atom stereocenters. The Kier molecular flexibility index (Phi) is 5.39. The fourth-order valence-corrected chi connectivity index (χ4v) is 3.78. The lowest BCUT2D eigenvalue weighted by Crippen LogP contribution is -2.35. The Morgan fingerprint density at radius 1 is 1.16 bits per heavy atom. The highest BCUT2D eigenvalue weighted by atomic mass is 16.5. The van der Waals surface area contributed by atoms with Crippen LogP contribution in [0.25, 0.3) is 0 Å². The Morgan fingerprint density at radius 3 is 2.52 bits per heavy atom. The van der Waals surface area contributed by atoms with Gasteiger partial charge in [0.15, 0.2) is 0 Å². The molecule has 2 N–H and O–H groups in total. The van der Waals surface area contributed by atoms with E-state index in [0.29, 0.717) is 5.56 Å². The second-order valence-electron chi connectivity index (χ2n) is 6.83. The minimum atomic E-state index is -0.887. The van der Waals surface area contributed by atoms with Crippen LogP contribution in [0.4, 0.5) is 0 Å². The summed E-state index contributed by atoms with van der Waals surface area (Å²) in [5, 5.41) is 12.6. The first-order chi connectivity index (χ1) is 12.1. The first-order valence-electron chi connectivity index (χ1n) is 8.80. The van der Waals surface area contributed by atoms with Crippen molar-refractivity contribution in [3.05, 3.63) is 65.2 Å². The summed E-state index contributed by atoms with van der Waals surface area (Å²) in [6.45, 7) is 1.66. The van der Waals surface area contributed by atoms with Gasteiger partial charge in [-0.25, -0.2) is 4.79 Å². The van der Waals surface area contributed by atoms with E-state index in [0.717, 1.165) is 24.4 Å². The first-order valence-corrected chi connectivity index (χ1v) is 8.80. The molecule has 4 nitrogen and oxygen atoms in total. The van der Waals surface area contributed by atoms with E-state index in [9.17, 15) is 4.79 Å². The molecule has 0 saturated heterocycles. The lowest BCUT2D eigenvalue weighted by Gasteiger charge is -2.30. The van der Waals surface area contributed by atoms with Gasteiger partial charge in [0.2, 0.25) is 0 Å². The Hall–Kier alpha value is -2.33. The van der Waals surface area contributed by atoms with Crippen LogP contribution in [0.5, 0.6) is 5.75 Å². The predicted molar refractivity (Wildman–Crippen MR) is 98.2 cm³/mol. The minimum absolute atomic E-state index is 0.162. The summed E-state index contributed by atoms with van der Waals surface area (Å²) in [5.74, 6) is 0.0236. The maximum Gasteiger partial charge on any atom is 0.335 e. The summed E-state index contributed by atoms with van der Waals surface area (Å²) < 4.78 is 5.40. The highest BCUT2D eigenvalue weighted by molar-refractivity contribution is 5.87. The molecule has 1 aliphatic carbocycles. The van der Waals surface area contributed by atoms with Crippen LogP contribution in [-0.4, -0.2) is 24.7 Å². The van der Waals surface area contributed by atoms with Gasteiger partial charge in [0.05, 0.1) is 12.7 Å². The van der Waals surface area contributed by atoms with Gasteiger partial charge in [0, 0.05) is 18.5 Å². The summed E-state index contributed by atoms with van der Waals surface area (Å²) in [6, 6.07) is 15.5. The van der Waals surface area contributed by atoms with Crippen LogP contribution in [-0.2, 0) is 12.0 Å². The molecule has 2 aromatic rings. The highest BCUT2D eigenvalue weighted by Crippen LogP contribution is 2.41. The van der Waals surface area contributed by atoms with Gasteiger partial charge in [-0.05, 0) is 48.2 Å². The van der Waals surface area contributed by atoms with Gasteiger partial charge in [0.1, 0.15) is 5.75 Å². The fourth-order valence-electron chi connectivity index (χ4n) is 3.78. The zero-order valence-corrected chi connectivity index (χ0v) is 14.6. The van der Waals surface area contributed by atoms with Crippen molar-refractivity contribution in [2.75, 3.05) is 13.7 Å². The standard InChI is InChI=1S/C21H25NO3/c1-25-19-6-4-5-18(13-19)21(11-2-3-12-21)15-22-14-16-7-9-17(10-8-16)20(23)24/h4-10,13,22H,2-3,11-12,14-15H2,1H3,(H,23,24). The highest BCUT2D eigenvalue weighted by Gasteiger charge is 2.35. The number of hydrogen-bond donors (Lipinski definition) is 2. The number of ether oxygens (including phenoxy) is 1. The number of carboxylic acid groups (broad SMARTS) is 1. The SMILES string of the molecule is COc1cccc(C2(CNCc3ccc(C(=O)O)cc3)CCCC2)c1. The molecule has 4 heteroatoms. The van der Waals surface area contributed by atoms with E-state index in [1.165, 1.54) is 31.2 Å². The van der Waals surface area contributed by atoms with E-state index in [1.807, 2.05) is 18.2 Å². The molecule has 0 spiro atoms. The second-order valence-corrected chi connectivity index (χ2v) is 6.83. The zero-order valence-electron chi connectivity index (χ0n) is 14.6. The van der Waals surface area contributed by atoms with E-state index in [4.69, 9.17) is 9.84 Å². The molecule has 3 rings (SSSR count). The summed E-state index contributed by atoms with van der Waals surface area (Å²) in [6.07, 6.45) is 4.88. The van der Waals surface area contributed by atoms with E-state index in [1.54, 1.807) is 19.2 Å². The van der Waals surface area contributed by atoms with E-state index >= 15 is 0 Å². The Bertz CT molecular complexity index is 718. The number of methoxy groups -OCH3 is 1. The number of carboxylic acids is 1. The third-order valence-electron chi connectivity index (χ3n) is 5.24. The van der Waals surface area contributed by atoms with Crippen molar-refractivity contribution in [3.63, 3.8) is 0 Å². The van der Waals surface area contributed by atoms with Gasteiger partial charge in [-0.1, -0.05) is 37.1 Å². The van der Waals surface area contributed by atoms with Crippen molar-refractivity contribution in [2.24, 2.45) is 0 Å². The van der Waals surface area contributed by atoms with Crippen LogP contribution in [0.2, 0.25) is 0 Å². The van der Waals surface area contributed by atoms with E-state index in [2.05, 4.69) is 23.5 Å². The predicted octanol–water partition coefficient (Wildman–Crippen LogP) is 4.00. The third kappa shape index (κ3) is 4.02. The van der Waals surface area contributed by atoms with Crippen molar-refractivity contribution >= 4 is 5.97 Å². The number of carbonyl (C=O) groups is 1. The van der Waals surface area contributed by atoms with E-state index in [-0.39, 0.29) is 5.41 Å². The second kappa shape index (κ2) is 7.70. The van der Waals surface area contributed by atoms with Crippen molar-refractivity contribution in [2.45, 2.75) is 37.6 Å². The van der Waals surface area contributed by atoms with Gasteiger partial charge >= 0.3 is 5.97 Å². The molecular weight excluding hydrogens is 314 g/mol. The van der Waals surface area contributed by atoms with Crippen molar-refractivity contribution in [1.29, 1.82) is 0 Å².